The van der Waals surface area contributed by atoms with Crippen LogP contribution in [-0.2, 0) is 24.5 Å². The second-order valence-electron chi connectivity index (χ2n) is 8.53. The Kier molecular flexibility index (Phi) is 8.14. The van der Waals surface area contributed by atoms with Gasteiger partial charge < -0.3 is 10.1 Å². The fourth-order valence-corrected chi connectivity index (χ4v) is 4.27. The van der Waals surface area contributed by atoms with Crippen LogP contribution in [0.5, 0.6) is 5.75 Å². The fraction of sp³-hybridized carbons (Fsp3) is 0.296. The van der Waals surface area contributed by atoms with E-state index in [1.54, 1.807) is 24.3 Å². The highest BCUT2D eigenvalue weighted by atomic mass is 35.5. The van der Waals surface area contributed by atoms with Gasteiger partial charge in [-0.2, -0.15) is 0 Å². The van der Waals surface area contributed by atoms with Gasteiger partial charge in [0, 0.05) is 29.6 Å². The molecule has 4 nitrogen and oxygen atoms in total. The topological polar surface area (TPSA) is 41.6 Å². The molecule has 3 aromatic rings. The first kappa shape index (κ1) is 24.2. The molecular formula is C27H27ClF2N2O2. The number of amides is 1. The highest BCUT2D eigenvalue weighted by molar-refractivity contribution is 6.31. The van der Waals surface area contributed by atoms with Crippen molar-refractivity contribution < 1.29 is 18.3 Å². The van der Waals surface area contributed by atoms with Crippen LogP contribution >= 0.6 is 11.6 Å². The van der Waals surface area contributed by atoms with Crippen molar-refractivity contribution in [3.05, 3.63) is 100 Å². The number of carbonyl (C=O) groups excluding carboxylic acids is 1. The van der Waals surface area contributed by atoms with Crippen molar-refractivity contribution in [2.24, 2.45) is 5.92 Å². The van der Waals surface area contributed by atoms with Crippen molar-refractivity contribution >= 4 is 17.5 Å². The molecule has 178 valence electrons. The second kappa shape index (κ2) is 11.4. The third kappa shape index (κ3) is 6.55. The number of likely N-dealkylation sites (tertiary alicyclic amines) is 1. The van der Waals surface area contributed by atoms with Crippen molar-refractivity contribution in [1.82, 2.24) is 10.2 Å². The molecule has 0 atom stereocenters. The zero-order valence-electron chi connectivity index (χ0n) is 18.8. The molecule has 34 heavy (non-hydrogen) atoms. The van der Waals surface area contributed by atoms with E-state index in [0.29, 0.717) is 36.0 Å². The Morgan fingerprint density at radius 3 is 2.32 bits per heavy atom. The van der Waals surface area contributed by atoms with E-state index in [4.69, 9.17) is 16.3 Å². The molecule has 1 aliphatic rings. The Morgan fingerprint density at radius 1 is 0.971 bits per heavy atom. The van der Waals surface area contributed by atoms with Crippen LogP contribution in [-0.4, -0.2) is 23.9 Å². The van der Waals surface area contributed by atoms with Crippen LogP contribution < -0.4 is 10.1 Å². The minimum Gasteiger partial charge on any atom is -0.489 e. The Hall–Kier alpha value is -2.96. The van der Waals surface area contributed by atoms with Crippen molar-refractivity contribution in [2.75, 3.05) is 13.1 Å². The summed E-state index contributed by atoms with van der Waals surface area (Å²) in [5, 5.41) is 3.46. The molecule has 1 saturated heterocycles. The van der Waals surface area contributed by atoms with E-state index in [-0.39, 0.29) is 23.5 Å². The van der Waals surface area contributed by atoms with Gasteiger partial charge in [0.15, 0.2) is 0 Å². The quantitative estimate of drug-likeness (QED) is 0.444. The molecule has 1 N–H and O–H groups in total. The van der Waals surface area contributed by atoms with Crippen LogP contribution in [0.1, 0.15) is 29.5 Å². The van der Waals surface area contributed by atoms with E-state index in [0.717, 1.165) is 37.1 Å². The molecule has 0 bridgehead atoms. The van der Waals surface area contributed by atoms with Crippen LogP contribution in [0.25, 0.3) is 0 Å². The average molecular weight is 485 g/mol. The predicted molar refractivity (Wildman–Crippen MR) is 128 cm³/mol. The summed E-state index contributed by atoms with van der Waals surface area (Å²) in [5.41, 5.74) is 2.38. The lowest BCUT2D eigenvalue weighted by Gasteiger charge is -2.31. The Balaban J connectivity index is 1.19. The lowest BCUT2D eigenvalue weighted by atomic mass is 9.95. The number of nitrogens with zero attached hydrogens (tertiary/aromatic N) is 1. The number of ether oxygens (including phenoxy) is 1. The summed E-state index contributed by atoms with van der Waals surface area (Å²) < 4.78 is 32.7. The van der Waals surface area contributed by atoms with Gasteiger partial charge in [-0.05, 0) is 73.5 Å². The van der Waals surface area contributed by atoms with Gasteiger partial charge >= 0.3 is 0 Å². The van der Waals surface area contributed by atoms with Gasteiger partial charge in [0.1, 0.15) is 24.0 Å². The molecule has 1 amide bonds. The van der Waals surface area contributed by atoms with E-state index in [2.05, 4.69) is 10.2 Å². The van der Waals surface area contributed by atoms with E-state index in [9.17, 15) is 13.6 Å². The molecule has 1 fully saturated rings. The van der Waals surface area contributed by atoms with Crippen molar-refractivity contribution in [2.45, 2.75) is 32.5 Å². The first-order chi connectivity index (χ1) is 16.5. The Bertz CT molecular complexity index is 1080. The summed E-state index contributed by atoms with van der Waals surface area (Å²) in [6.45, 7) is 2.71. The average Bonchev–Trinajstić information content (AvgIpc) is 2.85. The van der Waals surface area contributed by atoms with Crippen molar-refractivity contribution in [3.8, 4) is 5.75 Å². The normalized spacial score (nSPS) is 14.7. The van der Waals surface area contributed by atoms with Crippen LogP contribution in [0, 0.1) is 17.6 Å². The first-order valence-corrected chi connectivity index (χ1v) is 11.7. The van der Waals surface area contributed by atoms with Gasteiger partial charge in [-0.1, -0.05) is 41.9 Å². The second-order valence-corrected chi connectivity index (χ2v) is 8.93. The maximum Gasteiger partial charge on any atom is 0.223 e. The first-order valence-electron chi connectivity index (χ1n) is 11.4. The highest BCUT2D eigenvalue weighted by Crippen LogP contribution is 2.24. The maximum atomic E-state index is 14.0. The Labute approximate surface area is 203 Å². The van der Waals surface area contributed by atoms with Gasteiger partial charge in [-0.15, -0.1) is 0 Å². The standard InChI is InChI=1S/C27H27ClF2N2O2/c28-25-2-1-3-26(30)24(25)17-32-14-12-21(13-15-32)27(33)31-16-19-6-10-23(11-7-19)34-18-20-4-8-22(29)9-5-20/h1-11,21H,12-18H2,(H,31,33). The smallest absolute Gasteiger partial charge is 0.223 e. The third-order valence-electron chi connectivity index (χ3n) is 6.11. The lowest BCUT2D eigenvalue weighted by molar-refractivity contribution is -0.126. The molecule has 7 heteroatoms. The predicted octanol–water partition coefficient (Wildman–Crippen LogP) is 5.73. The van der Waals surface area contributed by atoms with Gasteiger partial charge in [0.2, 0.25) is 5.91 Å². The number of nitrogens with one attached hydrogen (secondary N) is 1. The van der Waals surface area contributed by atoms with Crippen LogP contribution in [0.15, 0.2) is 66.7 Å². The Morgan fingerprint density at radius 2 is 1.65 bits per heavy atom. The summed E-state index contributed by atoms with van der Waals surface area (Å²) in [6.07, 6.45) is 1.46. The molecule has 3 aromatic carbocycles. The number of halogens is 3. The van der Waals surface area contributed by atoms with Gasteiger partial charge in [-0.25, -0.2) is 8.78 Å². The van der Waals surface area contributed by atoms with Gasteiger partial charge in [0.05, 0.1) is 0 Å². The van der Waals surface area contributed by atoms with E-state index < -0.39 is 0 Å². The van der Waals surface area contributed by atoms with Crippen LogP contribution in [0.4, 0.5) is 8.78 Å². The molecule has 0 aromatic heterocycles. The molecule has 0 unspecified atom stereocenters. The number of benzene rings is 3. The van der Waals surface area contributed by atoms with E-state index >= 15 is 0 Å². The summed E-state index contributed by atoms with van der Waals surface area (Å²) in [7, 11) is 0. The minimum absolute atomic E-state index is 0.0419. The number of rotatable bonds is 8. The highest BCUT2D eigenvalue weighted by Gasteiger charge is 2.25. The monoisotopic (exact) mass is 484 g/mol. The fourth-order valence-electron chi connectivity index (χ4n) is 4.04. The van der Waals surface area contributed by atoms with Crippen molar-refractivity contribution in [1.29, 1.82) is 0 Å². The number of hydrogen-bond acceptors (Lipinski definition) is 3. The maximum absolute atomic E-state index is 14.0. The van der Waals surface area contributed by atoms with Gasteiger partial charge in [-0.3, -0.25) is 9.69 Å². The van der Waals surface area contributed by atoms with Gasteiger partial charge in [0.25, 0.3) is 0 Å². The summed E-state index contributed by atoms with van der Waals surface area (Å²) in [5.74, 6) is 0.139. The molecule has 0 radical (unpaired) electrons. The summed E-state index contributed by atoms with van der Waals surface area (Å²) in [4.78, 5) is 14.8. The zero-order chi connectivity index (χ0) is 23.9. The molecular weight excluding hydrogens is 458 g/mol. The van der Waals surface area contributed by atoms with Crippen LogP contribution in [0.2, 0.25) is 5.02 Å². The minimum atomic E-state index is -0.292. The molecule has 1 heterocycles. The summed E-state index contributed by atoms with van der Waals surface area (Å²) >= 11 is 6.14. The summed E-state index contributed by atoms with van der Waals surface area (Å²) in [6, 6.07) is 18.5. The van der Waals surface area contributed by atoms with Crippen molar-refractivity contribution in [3.63, 3.8) is 0 Å². The van der Waals surface area contributed by atoms with E-state index in [1.807, 2.05) is 24.3 Å². The molecule has 0 spiro atoms. The zero-order valence-corrected chi connectivity index (χ0v) is 19.5. The number of carbonyl (C=O) groups is 1. The molecule has 0 aliphatic carbocycles. The molecule has 1 aliphatic heterocycles. The largest absolute Gasteiger partial charge is 0.489 e. The third-order valence-corrected chi connectivity index (χ3v) is 6.46. The molecule has 0 saturated carbocycles. The number of hydrogen-bond donors (Lipinski definition) is 1. The SMILES string of the molecule is O=C(NCc1ccc(OCc2ccc(F)cc2)cc1)C1CCN(Cc2c(F)cccc2Cl)CC1. The molecule has 4 rings (SSSR count). The number of piperidine rings is 1. The lowest BCUT2D eigenvalue weighted by Crippen LogP contribution is -2.40. The van der Waals surface area contributed by atoms with Crippen LogP contribution in [0.3, 0.4) is 0 Å². The van der Waals surface area contributed by atoms with E-state index in [1.165, 1.54) is 18.2 Å².